The fourth-order valence-corrected chi connectivity index (χ4v) is 4.32. The lowest BCUT2D eigenvalue weighted by Gasteiger charge is -2.21. The highest BCUT2D eigenvalue weighted by atomic mass is 16.5. The van der Waals surface area contributed by atoms with Crippen LogP contribution in [0.25, 0.3) is 0 Å². The molecule has 1 aromatic carbocycles. The fraction of sp³-hybridized carbons (Fsp3) is 0.682. The average molecular weight is 376 g/mol. The number of ether oxygens (including phenoxy) is 2. The van der Waals surface area contributed by atoms with Crippen molar-refractivity contribution in [1.29, 1.82) is 0 Å². The molecule has 2 N–H and O–H groups in total. The molecule has 0 saturated heterocycles. The number of carbonyl (C=O) groups is 1. The number of esters is 1. The minimum absolute atomic E-state index is 0.151. The number of aliphatic hydroxyl groups is 1. The summed E-state index contributed by atoms with van der Waals surface area (Å²) >= 11 is 0. The Balaban J connectivity index is 1.35. The Hall–Kier alpha value is -1.59. The minimum Gasteiger partial charge on any atom is -0.491 e. The molecule has 0 aliphatic heterocycles. The largest absolute Gasteiger partial charge is 0.491 e. The number of benzene rings is 1. The van der Waals surface area contributed by atoms with Gasteiger partial charge in [0.15, 0.2) is 0 Å². The van der Waals surface area contributed by atoms with E-state index in [1.165, 1.54) is 25.7 Å². The molecule has 2 aliphatic rings. The third-order valence-corrected chi connectivity index (χ3v) is 5.82. The predicted molar refractivity (Wildman–Crippen MR) is 105 cm³/mol. The Labute approximate surface area is 162 Å². The van der Waals surface area contributed by atoms with Crippen LogP contribution in [-0.4, -0.2) is 43.0 Å². The second-order valence-corrected chi connectivity index (χ2v) is 8.47. The van der Waals surface area contributed by atoms with E-state index >= 15 is 0 Å². The van der Waals surface area contributed by atoms with Crippen LogP contribution in [0.15, 0.2) is 24.3 Å². The van der Waals surface area contributed by atoms with Crippen molar-refractivity contribution in [2.75, 3.05) is 19.8 Å². The standard InChI is InChI=1S/C22H33NO4/c1-15(2)23-12-20(24)14-26-21-7-4-16(5-8-21)11-22(25)27-13-19-10-17-3-6-18(19)9-17/h4-5,7-8,15,17-20,23-24H,3,6,9-14H2,1-2H3. The monoisotopic (exact) mass is 375 g/mol. The second-order valence-electron chi connectivity index (χ2n) is 8.47. The molecule has 3 rings (SSSR count). The fourth-order valence-electron chi connectivity index (χ4n) is 4.32. The van der Waals surface area contributed by atoms with E-state index in [9.17, 15) is 9.90 Å². The lowest BCUT2D eigenvalue weighted by Crippen LogP contribution is -2.35. The van der Waals surface area contributed by atoms with E-state index in [-0.39, 0.29) is 12.6 Å². The molecule has 0 aromatic heterocycles. The van der Waals surface area contributed by atoms with Crippen molar-refractivity contribution in [3.63, 3.8) is 0 Å². The van der Waals surface area contributed by atoms with Gasteiger partial charge in [-0.3, -0.25) is 4.79 Å². The predicted octanol–water partition coefficient (Wildman–Crippen LogP) is 2.95. The van der Waals surface area contributed by atoms with Crippen molar-refractivity contribution >= 4 is 5.97 Å². The third kappa shape index (κ3) is 6.22. The van der Waals surface area contributed by atoms with Crippen molar-refractivity contribution in [1.82, 2.24) is 5.32 Å². The Kier molecular flexibility index (Phi) is 7.13. The van der Waals surface area contributed by atoms with Gasteiger partial charge in [-0.15, -0.1) is 0 Å². The van der Waals surface area contributed by atoms with Crippen LogP contribution in [0.5, 0.6) is 5.75 Å². The molecule has 0 spiro atoms. The Morgan fingerprint density at radius 1 is 1.22 bits per heavy atom. The smallest absolute Gasteiger partial charge is 0.310 e. The van der Waals surface area contributed by atoms with Crippen molar-refractivity contribution in [3.05, 3.63) is 29.8 Å². The molecule has 0 radical (unpaired) electrons. The highest BCUT2D eigenvalue weighted by Gasteiger charge is 2.39. The first kappa shape index (κ1) is 20.2. The van der Waals surface area contributed by atoms with E-state index in [0.717, 1.165) is 17.4 Å². The zero-order valence-corrected chi connectivity index (χ0v) is 16.5. The van der Waals surface area contributed by atoms with Crippen LogP contribution in [0.3, 0.4) is 0 Å². The highest BCUT2D eigenvalue weighted by molar-refractivity contribution is 5.72. The van der Waals surface area contributed by atoms with Crippen LogP contribution >= 0.6 is 0 Å². The quantitative estimate of drug-likeness (QED) is 0.616. The maximum absolute atomic E-state index is 12.1. The van der Waals surface area contributed by atoms with Crippen LogP contribution in [0.4, 0.5) is 0 Å². The topological polar surface area (TPSA) is 67.8 Å². The molecule has 2 saturated carbocycles. The van der Waals surface area contributed by atoms with E-state index < -0.39 is 6.10 Å². The first-order valence-electron chi connectivity index (χ1n) is 10.3. The van der Waals surface area contributed by atoms with Gasteiger partial charge in [0.05, 0.1) is 13.0 Å². The first-order chi connectivity index (χ1) is 13.0. The van der Waals surface area contributed by atoms with Crippen molar-refractivity contribution in [3.8, 4) is 5.75 Å². The maximum atomic E-state index is 12.1. The van der Waals surface area contributed by atoms with Crippen LogP contribution in [-0.2, 0) is 16.0 Å². The molecule has 0 amide bonds. The number of rotatable bonds is 10. The summed E-state index contributed by atoms with van der Waals surface area (Å²) in [6, 6.07) is 7.77. The number of aliphatic hydroxyl groups excluding tert-OH is 1. The molecular weight excluding hydrogens is 342 g/mol. The molecule has 4 atom stereocenters. The number of nitrogens with one attached hydrogen (secondary N) is 1. The van der Waals surface area contributed by atoms with Gasteiger partial charge in [0.25, 0.3) is 0 Å². The summed E-state index contributed by atoms with van der Waals surface area (Å²) in [5.41, 5.74) is 0.919. The van der Waals surface area contributed by atoms with Gasteiger partial charge in [0.1, 0.15) is 18.5 Å². The zero-order chi connectivity index (χ0) is 19.2. The zero-order valence-electron chi connectivity index (χ0n) is 16.5. The van der Waals surface area contributed by atoms with E-state index in [0.29, 0.717) is 37.3 Å². The lowest BCUT2D eigenvalue weighted by atomic mass is 9.89. The molecule has 4 unspecified atom stereocenters. The van der Waals surface area contributed by atoms with Crippen LogP contribution in [0.1, 0.15) is 45.1 Å². The molecule has 5 nitrogen and oxygen atoms in total. The number of carbonyl (C=O) groups excluding carboxylic acids is 1. The van der Waals surface area contributed by atoms with Gasteiger partial charge in [-0.05, 0) is 54.7 Å². The number of hydrogen-bond acceptors (Lipinski definition) is 5. The number of fused-ring (bicyclic) bond motifs is 2. The van der Waals surface area contributed by atoms with Crippen molar-refractivity contribution in [2.45, 2.75) is 58.1 Å². The van der Waals surface area contributed by atoms with Crippen LogP contribution in [0.2, 0.25) is 0 Å². The number of hydrogen-bond donors (Lipinski definition) is 2. The van der Waals surface area contributed by atoms with E-state index in [1.54, 1.807) is 0 Å². The summed E-state index contributed by atoms with van der Waals surface area (Å²) in [7, 11) is 0. The molecule has 1 aromatic rings. The van der Waals surface area contributed by atoms with Gasteiger partial charge >= 0.3 is 5.97 Å². The van der Waals surface area contributed by atoms with Crippen LogP contribution in [0, 0.1) is 17.8 Å². The van der Waals surface area contributed by atoms with Gasteiger partial charge in [0, 0.05) is 12.6 Å². The molecule has 2 aliphatic carbocycles. The second kappa shape index (κ2) is 9.56. The normalized spacial score (nSPS) is 25.0. The van der Waals surface area contributed by atoms with Gasteiger partial charge in [-0.2, -0.15) is 0 Å². The van der Waals surface area contributed by atoms with Gasteiger partial charge in [-0.1, -0.05) is 32.4 Å². The summed E-state index contributed by atoms with van der Waals surface area (Å²) in [6.45, 7) is 5.41. The summed E-state index contributed by atoms with van der Waals surface area (Å²) < 4.78 is 11.1. The van der Waals surface area contributed by atoms with Crippen molar-refractivity contribution < 1.29 is 19.4 Å². The Bertz CT molecular complexity index is 601. The van der Waals surface area contributed by atoms with Gasteiger partial charge in [-0.25, -0.2) is 0 Å². The Morgan fingerprint density at radius 2 is 2.00 bits per heavy atom. The average Bonchev–Trinajstić information content (AvgIpc) is 3.27. The molecule has 2 bridgehead atoms. The SMILES string of the molecule is CC(C)NCC(O)COc1ccc(CC(=O)OCC2CC3CCC2C3)cc1. The van der Waals surface area contributed by atoms with Gasteiger partial charge in [0.2, 0.25) is 0 Å². The summed E-state index contributed by atoms with van der Waals surface area (Å²) in [5, 5.41) is 13.0. The van der Waals surface area contributed by atoms with E-state index in [1.807, 2.05) is 38.1 Å². The molecule has 5 heteroatoms. The first-order valence-corrected chi connectivity index (χ1v) is 10.3. The summed E-state index contributed by atoms with van der Waals surface area (Å²) in [5.74, 6) is 2.79. The molecule has 2 fully saturated rings. The maximum Gasteiger partial charge on any atom is 0.310 e. The molecular formula is C22H33NO4. The Morgan fingerprint density at radius 3 is 2.63 bits per heavy atom. The molecule has 27 heavy (non-hydrogen) atoms. The minimum atomic E-state index is -0.548. The van der Waals surface area contributed by atoms with Crippen LogP contribution < -0.4 is 10.1 Å². The lowest BCUT2D eigenvalue weighted by molar-refractivity contribution is -0.144. The van der Waals surface area contributed by atoms with Crippen molar-refractivity contribution in [2.24, 2.45) is 17.8 Å². The molecule has 150 valence electrons. The molecule has 0 heterocycles. The highest BCUT2D eigenvalue weighted by Crippen LogP contribution is 2.48. The van der Waals surface area contributed by atoms with Gasteiger partial charge < -0.3 is 19.9 Å². The van der Waals surface area contributed by atoms with E-state index in [2.05, 4.69) is 5.32 Å². The summed E-state index contributed by atoms with van der Waals surface area (Å²) in [6.07, 6.45) is 5.01. The summed E-state index contributed by atoms with van der Waals surface area (Å²) in [4.78, 5) is 12.1. The third-order valence-electron chi connectivity index (χ3n) is 5.82. The van der Waals surface area contributed by atoms with E-state index in [4.69, 9.17) is 9.47 Å².